The van der Waals surface area contributed by atoms with Crippen molar-refractivity contribution in [3.8, 4) is 34.5 Å². The van der Waals surface area contributed by atoms with Crippen LogP contribution in [0.25, 0.3) is 0 Å². The van der Waals surface area contributed by atoms with Gasteiger partial charge in [-0.15, -0.1) is 0 Å². The minimum atomic E-state index is -0.533. The second-order valence-electron chi connectivity index (χ2n) is 10.6. The van der Waals surface area contributed by atoms with E-state index in [-0.39, 0.29) is 36.3 Å². The van der Waals surface area contributed by atoms with Crippen LogP contribution in [0.4, 0.5) is 0 Å². The largest absolute Gasteiger partial charge is 0.504 e. The van der Waals surface area contributed by atoms with E-state index in [9.17, 15) is 45.0 Å². The van der Waals surface area contributed by atoms with E-state index in [4.69, 9.17) is 0 Å². The molecule has 0 spiro atoms. The quantitative estimate of drug-likeness (QED) is 0.0829. The minimum absolute atomic E-state index is 0.0445. The van der Waals surface area contributed by atoms with Crippen LogP contribution in [0.1, 0.15) is 69.6 Å². The number of hydrogen-bond acceptors (Lipinski definition) is 10. The fraction of sp³-hybridized carbons (Fsp3) is 0.344. The molecule has 0 aliphatic carbocycles. The topological polar surface area (TPSA) is 221 Å². The van der Waals surface area contributed by atoms with E-state index in [0.29, 0.717) is 38.5 Å². The number of benzene rings is 3. The van der Waals surface area contributed by atoms with Crippen LogP contribution in [-0.4, -0.2) is 80.6 Å². The molecular weight excluding hydrogens is 584 g/mol. The first-order chi connectivity index (χ1) is 21.5. The van der Waals surface area contributed by atoms with Gasteiger partial charge in [-0.3, -0.25) is 14.4 Å². The lowest BCUT2D eigenvalue weighted by atomic mass is 9.83. The summed E-state index contributed by atoms with van der Waals surface area (Å²) in [4.78, 5) is 37.6. The van der Waals surface area contributed by atoms with E-state index < -0.39 is 57.8 Å². The third-order valence-corrected chi connectivity index (χ3v) is 7.66. The molecule has 3 aromatic rings. The van der Waals surface area contributed by atoms with Gasteiger partial charge in [0, 0.05) is 25.2 Å². The summed E-state index contributed by atoms with van der Waals surface area (Å²) >= 11 is 0. The van der Waals surface area contributed by atoms with Crippen LogP contribution in [-0.2, 0) is 0 Å². The van der Waals surface area contributed by atoms with E-state index in [2.05, 4.69) is 21.3 Å². The lowest BCUT2D eigenvalue weighted by molar-refractivity contribution is 0.0942. The number of amides is 3. The summed E-state index contributed by atoms with van der Waals surface area (Å²) in [6.07, 6.45) is 3.41. The third kappa shape index (κ3) is 9.16. The highest BCUT2D eigenvalue weighted by molar-refractivity contribution is 5.98. The molecule has 0 unspecified atom stereocenters. The van der Waals surface area contributed by atoms with Gasteiger partial charge < -0.3 is 51.9 Å². The van der Waals surface area contributed by atoms with Crippen LogP contribution in [0.15, 0.2) is 54.6 Å². The first kappa shape index (κ1) is 34.3. The van der Waals surface area contributed by atoms with Crippen LogP contribution in [0, 0.1) is 0 Å². The van der Waals surface area contributed by atoms with Gasteiger partial charge in [-0.05, 0) is 82.0 Å². The molecule has 0 saturated heterocycles. The number of phenols is 6. The SMILES string of the molecule is CNC(CCCNC(=O)c1cccc(O)c1O)(CCCNC(=O)c1cccc(O)c1O)CCCNC(=O)c1cccc(O)c1O. The molecule has 3 aromatic carbocycles. The molecule has 0 heterocycles. The molecule has 0 radical (unpaired) electrons. The Labute approximate surface area is 260 Å². The molecular formula is C32H40N4O9. The molecule has 13 nitrogen and oxygen atoms in total. The smallest absolute Gasteiger partial charge is 0.255 e. The predicted molar refractivity (Wildman–Crippen MR) is 166 cm³/mol. The normalized spacial score (nSPS) is 11.1. The average molecular weight is 625 g/mol. The van der Waals surface area contributed by atoms with Crippen molar-refractivity contribution in [3.05, 3.63) is 71.3 Å². The number of rotatable bonds is 16. The van der Waals surface area contributed by atoms with Gasteiger partial charge in [0.25, 0.3) is 17.7 Å². The molecule has 0 aliphatic heterocycles. The standard InChI is InChI=1S/C32H40N4O9/c1-33-32(14-5-17-34-29(43)20-8-2-11-23(37)26(20)40,15-6-18-35-30(44)21-9-3-12-24(38)27(21)41)16-7-19-36-31(45)22-10-4-13-25(39)28(22)42/h2-4,8-13,33,37-42H,5-7,14-19H2,1H3,(H,34,43)(H,35,44)(H,36,45). The van der Waals surface area contributed by atoms with Gasteiger partial charge in [-0.1, -0.05) is 18.2 Å². The zero-order valence-corrected chi connectivity index (χ0v) is 25.0. The Kier molecular flexibility index (Phi) is 12.2. The van der Waals surface area contributed by atoms with E-state index in [1.807, 2.05) is 0 Å². The average Bonchev–Trinajstić information content (AvgIpc) is 3.02. The minimum Gasteiger partial charge on any atom is -0.504 e. The Balaban J connectivity index is 1.59. The van der Waals surface area contributed by atoms with Gasteiger partial charge in [-0.2, -0.15) is 0 Å². The number of para-hydroxylation sites is 3. The fourth-order valence-corrected chi connectivity index (χ4v) is 5.07. The molecule has 10 N–H and O–H groups in total. The van der Waals surface area contributed by atoms with E-state index in [1.165, 1.54) is 54.6 Å². The van der Waals surface area contributed by atoms with Gasteiger partial charge in [0.2, 0.25) is 0 Å². The van der Waals surface area contributed by atoms with Crippen molar-refractivity contribution in [2.45, 2.75) is 44.1 Å². The van der Waals surface area contributed by atoms with Crippen molar-refractivity contribution in [1.82, 2.24) is 21.3 Å². The number of phenolic OH excluding ortho intramolecular Hbond substituents is 6. The predicted octanol–water partition coefficient (Wildman–Crippen LogP) is 2.81. The molecule has 0 saturated carbocycles. The Morgan fingerprint density at radius 1 is 0.533 bits per heavy atom. The second kappa shape index (κ2) is 16.1. The van der Waals surface area contributed by atoms with Gasteiger partial charge >= 0.3 is 0 Å². The molecule has 0 aromatic heterocycles. The Bertz CT molecular complexity index is 1320. The molecule has 0 aliphatic rings. The molecule has 242 valence electrons. The Hall–Kier alpha value is -5.17. The van der Waals surface area contributed by atoms with Crippen LogP contribution in [0.3, 0.4) is 0 Å². The van der Waals surface area contributed by atoms with Gasteiger partial charge in [0.05, 0.1) is 16.7 Å². The fourth-order valence-electron chi connectivity index (χ4n) is 5.07. The van der Waals surface area contributed by atoms with Crippen LogP contribution < -0.4 is 21.3 Å². The van der Waals surface area contributed by atoms with Crippen molar-refractivity contribution >= 4 is 17.7 Å². The summed E-state index contributed by atoms with van der Waals surface area (Å²) < 4.78 is 0. The number of aromatic hydroxyl groups is 6. The highest BCUT2D eigenvalue weighted by atomic mass is 16.3. The zero-order chi connectivity index (χ0) is 33.0. The Morgan fingerprint density at radius 3 is 1.09 bits per heavy atom. The number of carbonyl (C=O) groups is 3. The van der Waals surface area contributed by atoms with E-state index in [1.54, 1.807) is 7.05 Å². The van der Waals surface area contributed by atoms with Gasteiger partial charge in [0.1, 0.15) is 0 Å². The van der Waals surface area contributed by atoms with Crippen LogP contribution in [0.5, 0.6) is 34.5 Å². The van der Waals surface area contributed by atoms with Crippen LogP contribution >= 0.6 is 0 Å². The molecule has 3 rings (SSSR count). The van der Waals surface area contributed by atoms with Gasteiger partial charge in [-0.25, -0.2) is 0 Å². The maximum absolute atomic E-state index is 12.5. The Morgan fingerprint density at radius 2 is 0.822 bits per heavy atom. The molecule has 0 atom stereocenters. The van der Waals surface area contributed by atoms with Gasteiger partial charge in [0.15, 0.2) is 34.5 Å². The second-order valence-corrected chi connectivity index (χ2v) is 10.6. The number of nitrogens with one attached hydrogen (secondary N) is 4. The number of carbonyl (C=O) groups excluding carboxylic acids is 3. The van der Waals surface area contributed by atoms with Crippen molar-refractivity contribution in [2.75, 3.05) is 26.7 Å². The summed E-state index contributed by atoms with van der Waals surface area (Å²) in [6.45, 7) is 0.829. The zero-order valence-electron chi connectivity index (χ0n) is 25.0. The molecule has 0 bridgehead atoms. The van der Waals surface area contributed by atoms with Crippen molar-refractivity contribution in [1.29, 1.82) is 0 Å². The molecule has 3 amide bonds. The third-order valence-electron chi connectivity index (χ3n) is 7.66. The first-order valence-electron chi connectivity index (χ1n) is 14.6. The summed E-state index contributed by atoms with van der Waals surface area (Å²) in [5.74, 6) is -4.28. The number of hydrogen-bond donors (Lipinski definition) is 10. The summed E-state index contributed by atoms with van der Waals surface area (Å²) in [6, 6.07) is 12.4. The first-order valence-corrected chi connectivity index (χ1v) is 14.6. The maximum Gasteiger partial charge on any atom is 0.255 e. The van der Waals surface area contributed by atoms with Crippen LogP contribution in [0.2, 0.25) is 0 Å². The summed E-state index contributed by atoms with van der Waals surface area (Å²) in [5, 5.41) is 70.6. The molecule has 0 fully saturated rings. The monoisotopic (exact) mass is 624 g/mol. The highest BCUT2D eigenvalue weighted by Crippen LogP contribution is 2.30. The van der Waals surface area contributed by atoms with Crippen molar-refractivity contribution in [2.24, 2.45) is 0 Å². The van der Waals surface area contributed by atoms with Crippen molar-refractivity contribution in [3.63, 3.8) is 0 Å². The van der Waals surface area contributed by atoms with E-state index >= 15 is 0 Å². The summed E-state index contributed by atoms with van der Waals surface area (Å²) in [5.41, 5.74) is -0.598. The summed E-state index contributed by atoms with van der Waals surface area (Å²) in [7, 11) is 1.80. The molecule has 13 heteroatoms. The van der Waals surface area contributed by atoms with Crippen molar-refractivity contribution < 1.29 is 45.0 Å². The highest BCUT2D eigenvalue weighted by Gasteiger charge is 2.27. The van der Waals surface area contributed by atoms with E-state index in [0.717, 1.165) is 0 Å². The lowest BCUT2D eigenvalue weighted by Crippen LogP contribution is -2.45. The maximum atomic E-state index is 12.5. The lowest BCUT2D eigenvalue weighted by Gasteiger charge is -2.34. The molecule has 45 heavy (non-hydrogen) atoms.